The largest absolute Gasteiger partial charge is 0.494 e. The maximum atomic E-state index is 5.63. The number of rotatable bonds is 7. The van der Waals surface area contributed by atoms with Crippen molar-refractivity contribution < 1.29 is 4.74 Å². The van der Waals surface area contributed by atoms with Gasteiger partial charge < -0.3 is 10.1 Å². The summed E-state index contributed by atoms with van der Waals surface area (Å²) in [4.78, 5) is 5.52. The SMILES string of the molecule is CCCOc1cccc(CNCc2cnc(C)s2)c1. The monoisotopic (exact) mass is 276 g/mol. The summed E-state index contributed by atoms with van der Waals surface area (Å²) in [7, 11) is 0. The van der Waals surface area contributed by atoms with Gasteiger partial charge in [0.05, 0.1) is 11.6 Å². The van der Waals surface area contributed by atoms with Crippen molar-refractivity contribution in [1.82, 2.24) is 10.3 Å². The Balaban J connectivity index is 1.82. The molecule has 19 heavy (non-hydrogen) atoms. The van der Waals surface area contributed by atoms with Crippen LogP contribution in [0.2, 0.25) is 0 Å². The molecule has 1 aromatic heterocycles. The van der Waals surface area contributed by atoms with E-state index >= 15 is 0 Å². The Hall–Kier alpha value is -1.39. The molecular formula is C15H20N2OS. The molecule has 1 N–H and O–H groups in total. The van der Waals surface area contributed by atoms with Gasteiger partial charge in [-0.1, -0.05) is 19.1 Å². The van der Waals surface area contributed by atoms with Gasteiger partial charge in [0, 0.05) is 24.2 Å². The minimum atomic E-state index is 0.775. The summed E-state index contributed by atoms with van der Waals surface area (Å²) in [5.41, 5.74) is 1.25. The Labute approximate surface area is 118 Å². The molecule has 0 fully saturated rings. The van der Waals surface area contributed by atoms with E-state index in [0.717, 1.165) is 36.9 Å². The summed E-state index contributed by atoms with van der Waals surface area (Å²) < 4.78 is 5.63. The van der Waals surface area contributed by atoms with Crippen molar-refractivity contribution in [3.63, 3.8) is 0 Å². The first-order valence-corrected chi connectivity index (χ1v) is 7.43. The second-order valence-electron chi connectivity index (χ2n) is 4.45. The second-order valence-corrected chi connectivity index (χ2v) is 5.76. The van der Waals surface area contributed by atoms with Gasteiger partial charge in [-0.05, 0) is 31.0 Å². The lowest BCUT2D eigenvalue weighted by molar-refractivity contribution is 0.317. The highest BCUT2D eigenvalue weighted by Crippen LogP contribution is 2.14. The van der Waals surface area contributed by atoms with Gasteiger partial charge in [0.25, 0.3) is 0 Å². The van der Waals surface area contributed by atoms with E-state index in [4.69, 9.17) is 4.74 Å². The molecule has 1 aromatic carbocycles. The molecule has 0 amide bonds. The summed E-state index contributed by atoms with van der Waals surface area (Å²) >= 11 is 1.74. The van der Waals surface area contributed by atoms with Crippen LogP contribution >= 0.6 is 11.3 Å². The molecule has 0 atom stereocenters. The topological polar surface area (TPSA) is 34.1 Å². The van der Waals surface area contributed by atoms with Gasteiger partial charge in [0.1, 0.15) is 5.75 Å². The normalized spacial score (nSPS) is 10.6. The van der Waals surface area contributed by atoms with Crippen molar-refractivity contribution >= 4 is 11.3 Å². The number of hydrogen-bond donors (Lipinski definition) is 1. The van der Waals surface area contributed by atoms with Gasteiger partial charge in [0.15, 0.2) is 0 Å². The Bertz CT molecular complexity index is 510. The fourth-order valence-corrected chi connectivity index (χ4v) is 2.55. The van der Waals surface area contributed by atoms with Crippen molar-refractivity contribution in [2.75, 3.05) is 6.61 Å². The van der Waals surface area contributed by atoms with E-state index < -0.39 is 0 Å². The lowest BCUT2D eigenvalue weighted by Crippen LogP contribution is -2.11. The Morgan fingerprint density at radius 1 is 1.32 bits per heavy atom. The zero-order chi connectivity index (χ0) is 13.5. The zero-order valence-corrected chi connectivity index (χ0v) is 12.3. The molecule has 0 unspecified atom stereocenters. The molecule has 4 heteroatoms. The molecule has 102 valence electrons. The van der Waals surface area contributed by atoms with Crippen LogP contribution in [0.4, 0.5) is 0 Å². The molecule has 0 saturated heterocycles. The highest BCUT2D eigenvalue weighted by molar-refractivity contribution is 7.11. The molecule has 0 saturated carbocycles. The summed E-state index contributed by atoms with van der Waals surface area (Å²) in [6.07, 6.45) is 2.97. The molecule has 2 rings (SSSR count). The molecule has 0 radical (unpaired) electrons. The average Bonchev–Trinajstić information content (AvgIpc) is 2.83. The number of ether oxygens (including phenoxy) is 1. The first kappa shape index (κ1) is 14.0. The third-order valence-corrected chi connectivity index (χ3v) is 3.58. The van der Waals surface area contributed by atoms with Crippen LogP contribution in [0, 0.1) is 6.92 Å². The van der Waals surface area contributed by atoms with Gasteiger partial charge in [0.2, 0.25) is 0 Å². The summed E-state index contributed by atoms with van der Waals surface area (Å²) in [5, 5.41) is 4.55. The highest BCUT2D eigenvalue weighted by atomic mass is 32.1. The number of nitrogens with one attached hydrogen (secondary N) is 1. The highest BCUT2D eigenvalue weighted by Gasteiger charge is 1.99. The van der Waals surface area contributed by atoms with Crippen LogP contribution in [0.25, 0.3) is 0 Å². The van der Waals surface area contributed by atoms with Crippen LogP contribution in [0.15, 0.2) is 30.5 Å². The van der Waals surface area contributed by atoms with Crippen LogP contribution in [0.1, 0.15) is 28.8 Å². The van der Waals surface area contributed by atoms with Gasteiger partial charge >= 0.3 is 0 Å². The molecular weight excluding hydrogens is 256 g/mol. The molecule has 0 bridgehead atoms. The third kappa shape index (κ3) is 4.65. The van der Waals surface area contributed by atoms with E-state index in [2.05, 4.69) is 29.4 Å². The minimum absolute atomic E-state index is 0.775. The van der Waals surface area contributed by atoms with E-state index in [-0.39, 0.29) is 0 Å². The predicted molar refractivity (Wildman–Crippen MR) is 79.6 cm³/mol. The van der Waals surface area contributed by atoms with E-state index in [0.29, 0.717) is 0 Å². The minimum Gasteiger partial charge on any atom is -0.494 e. The lowest BCUT2D eigenvalue weighted by Gasteiger charge is -2.07. The predicted octanol–water partition coefficient (Wildman–Crippen LogP) is 3.53. The van der Waals surface area contributed by atoms with Crippen LogP contribution in [-0.2, 0) is 13.1 Å². The average molecular weight is 276 g/mol. The second kappa shape index (κ2) is 7.26. The number of benzene rings is 1. The molecule has 0 aliphatic rings. The Morgan fingerprint density at radius 3 is 2.95 bits per heavy atom. The van der Waals surface area contributed by atoms with Crippen molar-refractivity contribution in [2.45, 2.75) is 33.4 Å². The van der Waals surface area contributed by atoms with Crippen LogP contribution in [0.5, 0.6) is 5.75 Å². The molecule has 2 aromatic rings. The number of nitrogens with zero attached hydrogens (tertiary/aromatic N) is 1. The molecule has 3 nitrogen and oxygen atoms in total. The van der Waals surface area contributed by atoms with E-state index in [9.17, 15) is 0 Å². The zero-order valence-electron chi connectivity index (χ0n) is 11.5. The van der Waals surface area contributed by atoms with Gasteiger partial charge in [-0.3, -0.25) is 0 Å². The van der Waals surface area contributed by atoms with Crippen LogP contribution in [-0.4, -0.2) is 11.6 Å². The van der Waals surface area contributed by atoms with Crippen molar-refractivity contribution in [1.29, 1.82) is 0 Å². The number of aromatic nitrogens is 1. The quantitative estimate of drug-likeness (QED) is 0.840. The molecule has 1 heterocycles. The van der Waals surface area contributed by atoms with E-state index in [1.54, 1.807) is 11.3 Å². The third-order valence-electron chi connectivity index (χ3n) is 2.67. The maximum Gasteiger partial charge on any atom is 0.119 e. The van der Waals surface area contributed by atoms with Crippen molar-refractivity contribution in [2.24, 2.45) is 0 Å². The van der Waals surface area contributed by atoms with Crippen molar-refractivity contribution in [3.05, 3.63) is 45.9 Å². The molecule has 0 spiro atoms. The summed E-state index contributed by atoms with van der Waals surface area (Å²) in [6, 6.07) is 8.26. The van der Waals surface area contributed by atoms with Crippen LogP contribution in [0.3, 0.4) is 0 Å². The summed E-state index contributed by atoms with van der Waals surface area (Å²) in [6.45, 7) is 6.63. The van der Waals surface area contributed by atoms with E-state index in [1.807, 2.05) is 25.3 Å². The smallest absolute Gasteiger partial charge is 0.119 e. The maximum absolute atomic E-state index is 5.63. The Morgan fingerprint density at radius 2 is 2.21 bits per heavy atom. The fraction of sp³-hybridized carbons (Fsp3) is 0.400. The number of hydrogen-bond acceptors (Lipinski definition) is 4. The number of aryl methyl sites for hydroxylation is 1. The van der Waals surface area contributed by atoms with Gasteiger partial charge in [-0.2, -0.15) is 0 Å². The van der Waals surface area contributed by atoms with Crippen LogP contribution < -0.4 is 10.1 Å². The lowest BCUT2D eigenvalue weighted by atomic mass is 10.2. The molecule has 0 aliphatic carbocycles. The first-order valence-electron chi connectivity index (χ1n) is 6.61. The van der Waals surface area contributed by atoms with Gasteiger partial charge in [-0.25, -0.2) is 4.98 Å². The summed E-state index contributed by atoms with van der Waals surface area (Å²) in [5.74, 6) is 0.954. The number of thiazole rings is 1. The van der Waals surface area contributed by atoms with Gasteiger partial charge in [-0.15, -0.1) is 11.3 Å². The Kier molecular flexibility index (Phi) is 5.36. The first-order chi connectivity index (χ1) is 9.28. The van der Waals surface area contributed by atoms with E-state index in [1.165, 1.54) is 10.4 Å². The van der Waals surface area contributed by atoms with Crippen molar-refractivity contribution in [3.8, 4) is 5.75 Å². The molecule has 0 aliphatic heterocycles. The standard InChI is InChI=1S/C15H20N2OS/c1-3-7-18-14-6-4-5-13(8-14)9-16-10-15-11-17-12(2)19-15/h4-6,8,11,16H,3,7,9-10H2,1-2H3. The fourth-order valence-electron chi connectivity index (χ4n) is 1.78.